The van der Waals surface area contributed by atoms with Gasteiger partial charge in [-0.05, 0) is 25.0 Å². The summed E-state index contributed by atoms with van der Waals surface area (Å²) in [7, 11) is 0. The number of fused-ring (bicyclic) bond motifs is 2. The van der Waals surface area contributed by atoms with E-state index in [2.05, 4.69) is 15.5 Å². The first-order valence-corrected chi connectivity index (χ1v) is 9.09. The summed E-state index contributed by atoms with van der Waals surface area (Å²) in [4.78, 5) is 26.1. The Morgan fingerprint density at radius 3 is 2.81 bits per heavy atom. The second-order valence-electron chi connectivity index (χ2n) is 7.33. The molecule has 3 aliphatic rings. The van der Waals surface area contributed by atoms with Crippen molar-refractivity contribution in [3.63, 3.8) is 0 Å². The Hall–Kier alpha value is -3.03. The van der Waals surface area contributed by atoms with Crippen LogP contribution in [0.25, 0.3) is 10.9 Å². The Morgan fingerprint density at radius 2 is 2.11 bits per heavy atom. The van der Waals surface area contributed by atoms with Crippen molar-refractivity contribution in [2.45, 2.75) is 24.9 Å². The summed E-state index contributed by atoms with van der Waals surface area (Å²) in [6, 6.07) is 2.85. The number of hydrogen-bond donors (Lipinski definition) is 3. The lowest BCUT2D eigenvalue weighted by Gasteiger charge is -2.22. The van der Waals surface area contributed by atoms with E-state index in [0.717, 1.165) is 31.8 Å². The number of carboxylic acid groups (broad SMARTS) is 1. The van der Waals surface area contributed by atoms with E-state index in [4.69, 9.17) is 0 Å². The van der Waals surface area contributed by atoms with Crippen molar-refractivity contribution in [1.82, 2.24) is 20.1 Å². The number of nitrogens with zero attached hydrogens (tertiary/aromatic N) is 2. The molecule has 140 valence electrons. The summed E-state index contributed by atoms with van der Waals surface area (Å²) >= 11 is 0. The summed E-state index contributed by atoms with van der Waals surface area (Å²) < 4.78 is 16.7. The van der Waals surface area contributed by atoms with Crippen molar-refractivity contribution < 1.29 is 14.3 Å². The fraction of sp³-hybridized carbons (Fsp3) is 0.368. The second kappa shape index (κ2) is 5.73. The lowest BCUT2D eigenvalue weighted by atomic mass is 10.0. The van der Waals surface area contributed by atoms with Crippen molar-refractivity contribution in [3.8, 4) is 0 Å². The van der Waals surface area contributed by atoms with Crippen molar-refractivity contribution in [2.24, 2.45) is 0 Å². The van der Waals surface area contributed by atoms with Crippen LogP contribution in [0.3, 0.4) is 0 Å². The zero-order valence-corrected chi connectivity index (χ0v) is 14.5. The van der Waals surface area contributed by atoms with E-state index in [9.17, 15) is 19.1 Å². The highest BCUT2D eigenvalue weighted by Crippen LogP contribution is 2.38. The minimum atomic E-state index is -1.28. The molecule has 2 fully saturated rings. The van der Waals surface area contributed by atoms with E-state index in [1.807, 2.05) is 10.8 Å². The predicted molar refractivity (Wildman–Crippen MR) is 96.9 cm³/mol. The molecule has 0 amide bonds. The Morgan fingerprint density at radius 1 is 1.30 bits per heavy atom. The molecule has 3 heterocycles. The molecule has 1 aliphatic carbocycles. The number of aromatic carboxylic acids is 1. The summed E-state index contributed by atoms with van der Waals surface area (Å²) in [5.41, 5.74) is 0.148. The Kier molecular flexibility index (Phi) is 3.43. The normalized spacial score (nSPS) is 21.4. The average molecular weight is 370 g/mol. The van der Waals surface area contributed by atoms with Gasteiger partial charge in [-0.15, -0.1) is 0 Å². The van der Waals surface area contributed by atoms with Gasteiger partial charge in [0, 0.05) is 49.0 Å². The SMILES string of the molecule is O=C(O)c1cn(C2CC2)c2cc(C3CN4CCNC=C4N3)c(F)cc2c1=O. The Bertz CT molecular complexity index is 1060. The molecule has 5 rings (SSSR count). The van der Waals surface area contributed by atoms with E-state index in [1.165, 1.54) is 12.3 Å². The average Bonchev–Trinajstić information content (AvgIpc) is 3.39. The second-order valence-corrected chi connectivity index (χ2v) is 7.33. The zero-order chi connectivity index (χ0) is 18.7. The maximum Gasteiger partial charge on any atom is 0.341 e. The predicted octanol–water partition coefficient (Wildman–Crippen LogP) is 1.52. The highest BCUT2D eigenvalue weighted by molar-refractivity contribution is 5.92. The fourth-order valence-corrected chi connectivity index (χ4v) is 3.98. The van der Waals surface area contributed by atoms with Crippen molar-refractivity contribution in [1.29, 1.82) is 0 Å². The van der Waals surface area contributed by atoms with Crippen LogP contribution in [0, 0.1) is 5.82 Å². The van der Waals surface area contributed by atoms with E-state index < -0.39 is 17.2 Å². The van der Waals surface area contributed by atoms with Gasteiger partial charge in [-0.2, -0.15) is 0 Å². The van der Waals surface area contributed by atoms with Gasteiger partial charge in [-0.3, -0.25) is 4.79 Å². The first kappa shape index (κ1) is 16.2. The molecule has 7 nitrogen and oxygen atoms in total. The number of pyridine rings is 1. The van der Waals surface area contributed by atoms with Crippen LogP contribution < -0.4 is 16.1 Å². The minimum Gasteiger partial charge on any atom is -0.477 e. The molecule has 1 saturated carbocycles. The summed E-state index contributed by atoms with van der Waals surface area (Å²) in [5, 5.41) is 16.0. The number of benzene rings is 1. The van der Waals surface area contributed by atoms with Crippen LogP contribution in [0.5, 0.6) is 0 Å². The monoisotopic (exact) mass is 370 g/mol. The molecule has 0 radical (unpaired) electrons. The lowest BCUT2D eigenvalue weighted by Crippen LogP contribution is -2.34. The number of rotatable bonds is 3. The van der Waals surface area contributed by atoms with Gasteiger partial charge in [-0.1, -0.05) is 0 Å². The highest BCUT2D eigenvalue weighted by atomic mass is 19.1. The summed E-state index contributed by atoms with van der Waals surface area (Å²) in [6.07, 6.45) is 5.15. The van der Waals surface area contributed by atoms with Crippen molar-refractivity contribution in [2.75, 3.05) is 19.6 Å². The molecular formula is C19H19FN4O3. The van der Waals surface area contributed by atoms with Crippen LogP contribution in [0.15, 0.2) is 35.1 Å². The molecule has 0 spiro atoms. The fourth-order valence-electron chi connectivity index (χ4n) is 3.98. The van der Waals surface area contributed by atoms with Crippen LogP contribution >= 0.6 is 0 Å². The van der Waals surface area contributed by atoms with Gasteiger partial charge in [0.25, 0.3) is 0 Å². The van der Waals surface area contributed by atoms with Gasteiger partial charge in [-0.25, -0.2) is 9.18 Å². The first-order valence-electron chi connectivity index (χ1n) is 9.09. The standard InChI is InChI=1S/C19H19FN4O3/c20-14-5-12-16(24(10-1-2-10)8-13(18(12)25)19(26)27)6-11(14)15-9-23-4-3-21-7-17(23)22-15/h5-8,10,15,21-22H,1-4,9H2,(H,26,27). The van der Waals surface area contributed by atoms with E-state index >= 15 is 0 Å². The third-order valence-corrected chi connectivity index (χ3v) is 5.53. The van der Waals surface area contributed by atoms with E-state index in [1.54, 1.807) is 6.07 Å². The Balaban J connectivity index is 1.66. The van der Waals surface area contributed by atoms with E-state index in [0.29, 0.717) is 17.6 Å². The topological polar surface area (TPSA) is 86.6 Å². The molecule has 1 saturated heterocycles. The number of carbonyl (C=O) groups is 1. The minimum absolute atomic E-state index is 0.125. The quantitative estimate of drug-likeness (QED) is 0.760. The number of carboxylic acids is 1. The number of hydrogen-bond acceptors (Lipinski definition) is 5. The van der Waals surface area contributed by atoms with Crippen LogP contribution in [0.4, 0.5) is 4.39 Å². The van der Waals surface area contributed by atoms with Crippen LogP contribution in [0.1, 0.15) is 40.8 Å². The third kappa shape index (κ3) is 2.55. The van der Waals surface area contributed by atoms with Crippen LogP contribution in [-0.4, -0.2) is 40.2 Å². The molecule has 1 aromatic carbocycles. The maximum absolute atomic E-state index is 14.9. The van der Waals surface area contributed by atoms with Crippen molar-refractivity contribution in [3.05, 3.63) is 57.5 Å². The smallest absolute Gasteiger partial charge is 0.341 e. The number of halogens is 1. The van der Waals surface area contributed by atoms with Crippen LogP contribution in [-0.2, 0) is 0 Å². The lowest BCUT2D eigenvalue weighted by molar-refractivity contribution is 0.0695. The number of nitrogens with one attached hydrogen (secondary N) is 2. The Labute approximate surface area is 154 Å². The zero-order valence-electron chi connectivity index (χ0n) is 14.5. The van der Waals surface area contributed by atoms with Gasteiger partial charge in [0.15, 0.2) is 0 Å². The summed E-state index contributed by atoms with van der Waals surface area (Å²) in [6.45, 7) is 2.34. The molecule has 1 unspecified atom stereocenters. The summed E-state index contributed by atoms with van der Waals surface area (Å²) in [5.74, 6) is -0.837. The molecular weight excluding hydrogens is 351 g/mol. The van der Waals surface area contributed by atoms with Gasteiger partial charge < -0.3 is 25.2 Å². The molecule has 2 aromatic rings. The molecule has 8 heteroatoms. The van der Waals surface area contributed by atoms with Gasteiger partial charge in [0.2, 0.25) is 5.43 Å². The highest BCUT2D eigenvalue weighted by Gasteiger charge is 2.32. The molecule has 3 N–H and O–H groups in total. The van der Waals surface area contributed by atoms with Crippen LogP contribution in [0.2, 0.25) is 0 Å². The van der Waals surface area contributed by atoms with Gasteiger partial charge >= 0.3 is 5.97 Å². The van der Waals surface area contributed by atoms with Crippen molar-refractivity contribution >= 4 is 16.9 Å². The molecule has 1 aromatic heterocycles. The first-order chi connectivity index (χ1) is 13.0. The van der Waals surface area contributed by atoms with Gasteiger partial charge in [0.05, 0.1) is 11.6 Å². The molecule has 1 atom stereocenters. The third-order valence-electron chi connectivity index (χ3n) is 5.53. The van der Waals surface area contributed by atoms with E-state index in [-0.39, 0.29) is 23.0 Å². The largest absolute Gasteiger partial charge is 0.477 e. The molecule has 0 bridgehead atoms. The molecule has 2 aliphatic heterocycles. The molecule has 27 heavy (non-hydrogen) atoms. The number of aromatic nitrogens is 1. The van der Waals surface area contributed by atoms with Gasteiger partial charge in [0.1, 0.15) is 17.2 Å². The maximum atomic E-state index is 14.9.